The van der Waals surface area contributed by atoms with Crippen molar-refractivity contribution in [1.82, 2.24) is 5.32 Å². The first-order valence-corrected chi connectivity index (χ1v) is 9.25. The lowest BCUT2D eigenvalue weighted by molar-refractivity contribution is 0.603. The van der Waals surface area contributed by atoms with Crippen LogP contribution in [0.25, 0.3) is 0 Å². The summed E-state index contributed by atoms with van der Waals surface area (Å²) in [5.41, 5.74) is 2.56. The van der Waals surface area contributed by atoms with E-state index in [0.717, 1.165) is 26.2 Å². The van der Waals surface area contributed by atoms with Crippen molar-refractivity contribution >= 4 is 54.8 Å². The van der Waals surface area contributed by atoms with Gasteiger partial charge in [-0.3, -0.25) is 0 Å². The van der Waals surface area contributed by atoms with Gasteiger partial charge in [0, 0.05) is 9.35 Å². The molecule has 2 rings (SSSR count). The SMILES string of the molecule is CCCNC(c1cc(Cl)c(Br)s1)c1cccc(Br)c1C. The van der Waals surface area contributed by atoms with E-state index in [4.69, 9.17) is 11.6 Å². The zero-order chi connectivity index (χ0) is 14.7. The van der Waals surface area contributed by atoms with Gasteiger partial charge in [0.05, 0.1) is 14.9 Å². The first-order chi connectivity index (χ1) is 9.54. The van der Waals surface area contributed by atoms with Crippen molar-refractivity contribution in [3.05, 3.63) is 53.6 Å². The third kappa shape index (κ3) is 3.66. The monoisotopic (exact) mass is 435 g/mol. The molecule has 1 aromatic heterocycles. The van der Waals surface area contributed by atoms with Gasteiger partial charge in [0.15, 0.2) is 0 Å². The Hall–Kier alpha value is 0.130. The number of halogens is 3. The molecular formula is C15H16Br2ClNS. The first kappa shape index (κ1) is 16.5. The number of benzene rings is 1. The molecule has 0 aliphatic heterocycles. The van der Waals surface area contributed by atoms with Crippen LogP contribution in [0.3, 0.4) is 0 Å². The summed E-state index contributed by atoms with van der Waals surface area (Å²) in [5, 5.41) is 4.40. The van der Waals surface area contributed by atoms with E-state index >= 15 is 0 Å². The van der Waals surface area contributed by atoms with E-state index in [2.05, 4.69) is 69.2 Å². The van der Waals surface area contributed by atoms with Gasteiger partial charge >= 0.3 is 0 Å². The maximum atomic E-state index is 6.19. The molecule has 20 heavy (non-hydrogen) atoms. The average Bonchev–Trinajstić information content (AvgIpc) is 2.74. The molecule has 1 nitrogen and oxygen atoms in total. The zero-order valence-electron chi connectivity index (χ0n) is 11.3. The molecule has 108 valence electrons. The van der Waals surface area contributed by atoms with Gasteiger partial charge in [-0.2, -0.15) is 0 Å². The Bertz CT molecular complexity index is 578. The summed E-state index contributed by atoms with van der Waals surface area (Å²) in [7, 11) is 0. The molecule has 0 saturated heterocycles. The standard InChI is InChI=1S/C15H16Br2ClNS/c1-3-7-19-14(13-8-12(18)15(17)20-13)10-5-4-6-11(16)9(10)2/h4-6,8,14,19H,3,7H2,1-2H3. The van der Waals surface area contributed by atoms with Crippen molar-refractivity contribution < 1.29 is 0 Å². The second-order valence-electron chi connectivity index (χ2n) is 4.61. The van der Waals surface area contributed by atoms with Crippen molar-refractivity contribution in [2.24, 2.45) is 0 Å². The molecule has 0 aliphatic carbocycles. The van der Waals surface area contributed by atoms with E-state index in [-0.39, 0.29) is 6.04 Å². The molecule has 1 heterocycles. The number of nitrogens with one attached hydrogen (secondary N) is 1. The summed E-state index contributed by atoms with van der Waals surface area (Å²) in [5.74, 6) is 0. The van der Waals surface area contributed by atoms with Crippen molar-refractivity contribution in [1.29, 1.82) is 0 Å². The van der Waals surface area contributed by atoms with Gasteiger partial charge in [0.25, 0.3) is 0 Å². The highest BCUT2D eigenvalue weighted by molar-refractivity contribution is 9.11. The summed E-state index contributed by atoms with van der Waals surface area (Å²) in [4.78, 5) is 1.23. The molecule has 0 saturated carbocycles. The fourth-order valence-electron chi connectivity index (χ4n) is 2.09. The quantitative estimate of drug-likeness (QED) is 0.577. The molecule has 0 amide bonds. The second-order valence-corrected chi connectivity index (χ2v) is 8.27. The molecule has 0 fully saturated rings. The van der Waals surface area contributed by atoms with Gasteiger partial charge in [-0.1, -0.05) is 46.6 Å². The molecule has 0 spiro atoms. The number of thiophene rings is 1. The van der Waals surface area contributed by atoms with Crippen molar-refractivity contribution in [2.75, 3.05) is 6.54 Å². The Morgan fingerprint density at radius 2 is 2.10 bits per heavy atom. The van der Waals surface area contributed by atoms with Gasteiger partial charge in [-0.25, -0.2) is 0 Å². The average molecular weight is 438 g/mol. The largest absolute Gasteiger partial charge is 0.306 e. The Morgan fingerprint density at radius 1 is 1.35 bits per heavy atom. The van der Waals surface area contributed by atoms with Crippen LogP contribution in [0.4, 0.5) is 0 Å². The predicted octanol–water partition coefficient (Wildman–Crippen LogP) is 6.32. The van der Waals surface area contributed by atoms with E-state index in [1.54, 1.807) is 11.3 Å². The number of rotatable bonds is 5. The molecule has 1 aromatic carbocycles. The summed E-state index contributed by atoms with van der Waals surface area (Å²) < 4.78 is 2.13. The highest BCUT2D eigenvalue weighted by atomic mass is 79.9. The van der Waals surface area contributed by atoms with Crippen LogP contribution in [0.5, 0.6) is 0 Å². The Morgan fingerprint density at radius 3 is 2.70 bits per heavy atom. The minimum absolute atomic E-state index is 0.182. The molecule has 0 aliphatic rings. The third-order valence-corrected chi connectivity index (χ3v) is 6.57. The summed E-state index contributed by atoms with van der Waals surface area (Å²) >= 11 is 15.0. The summed E-state index contributed by atoms with van der Waals surface area (Å²) in [6, 6.07) is 8.56. The number of hydrogen-bond acceptors (Lipinski definition) is 2. The minimum Gasteiger partial charge on any atom is -0.306 e. The second kappa shape index (κ2) is 7.41. The molecule has 1 atom stereocenters. The van der Waals surface area contributed by atoms with E-state index in [1.807, 2.05) is 6.07 Å². The highest BCUT2D eigenvalue weighted by Crippen LogP contribution is 2.38. The van der Waals surface area contributed by atoms with Crippen LogP contribution in [-0.2, 0) is 0 Å². The lowest BCUT2D eigenvalue weighted by atomic mass is 10.00. The lowest BCUT2D eigenvalue weighted by Gasteiger charge is -2.20. The summed E-state index contributed by atoms with van der Waals surface area (Å²) in [6.45, 7) is 5.29. The van der Waals surface area contributed by atoms with Crippen LogP contribution >= 0.6 is 54.8 Å². The topological polar surface area (TPSA) is 12.0 Å². The molecule has 0 bridgehead atoms. The zero-order valence-corrected chi connectivity index (χ0v) is 16.1. The van der Waals surface area contributed by atoms with Gasteiger partial charge in [0.2, 0.25) is 0 Å². The fraction of sp³-hybridized carbons (Fsp3) is 0.333. The van der Waals surface area contributed by atoms with Crippen LogP contribution in [0.15, 0.2) is 32.5 Å². The molecular weight excluding hydrogens is 422 g/mol. The smallest absolute Gasteiger partial charge is 0.0888 e. The van der Waals surface area contributed by atoms with Crippen LogP contribution in [0, 0.1) is 6.92 Å². The van der Waals surface area contributed by atoms with Crippen molar-refractivity contribution in [3.63, 3.8) is 0 Å². The van der Waals surface area contributed by atoms with Crippen LogP contribution < -0.4 is 5.32 Å². The van der Waals surface area contributed by atoms with Crippen molar-refractivity contribution in [2.45, 2.75) is 26.3 Å². The predicted molar refractivity (Wildman–Crippen MR) is 96.0 cm³/mol. The molecule has 0 radical (unpaired) electrons. The maximum absolute atomic E-state index is 6.19. The normalized spacial score (nSPS) is 12.7. The van der Waals surface area contributed by atoms with Crippen LogP contribution in [0.2, 0.25) is 5.02 Å². The maximum Gasteiger partial charge on any atom is 0.0888 e. The van der Waals surface area contributed by atoms with Gasteiger partial charge in [-0.15, -0.1) is 11.3 Å². The van der Waals surface area contributed by atoms with Crippen LogP contribution in [0.1, 0.15) is 35.4 Å². The Labute approximate surface area is 146 Å². The van der Waals surface area contributed by atoms with E-state index in [9.17, 15) is 0 Å². The van der Waals surface area contributed by atoms with E-state index in [0.29, 0.717) is 0 Å². The number of hydrogen-bond donors (Lipinski definition) is 1. The van der Waals surface area contributed by atoms with E-state index < -0.39 is 0 Å². The molecule has 2 aromatic rings. The van der Waals surface area contributed by atoms with E-state index in [1.165, 1.54) is 16.0 Å². The first-order valence-electron chi connectivity index (χ1n) is 6.47. The highest BCUT2D eigenvalue weighted by Gasteiger charge is 2.19. The summed E-state index contributed by atoms with van der Waals surface area (Å²) in [6.07, 6.45) is 1.10. The Balaban J connectivity index is 2.44. The minimum atomic E-state index is 0.182. The molecule has 1 N–H and O–H groups in total. The van der Waals surface area contributed by atoms with Crippen molar-refractivity contribution in [3.8, 4) is 0 Å². The van der Waals surface area contributed by atoms with Gasteiger partial charge in [-0.05, 0) is 59.1 Å². The van der Waals surface area contributed by atoms with Crippen LogP contribution in [-0.4, -0.2) is 6.54 Å². The Kier molecular flexibility index (Phi) is 6.11. The fourth-order valence-corrected chi connectivity index (χ4v) is 4.32. The molecule has 5 heteroatoms. The van der Waals surface area contributed by atoms with Gasteiger partial charge < -0.3 is 5.32 Å². The lowest BCUT2D eigenvalue weighted by Crippen LogP contribution is -2.23. The molecule has 1 unspecified atom stereocenters. The third-order valence-electron chi connectivity index (χ3n) is 3.17. The van der Waals surface area contributed by atoms with Gasteiger partial charge in [0.1, 0.15) is 0 Å².